The molecular weight excluding hydrogens is 407 g/mol. The van der Waals surface area contributed by atoms with E-state index in [4.69, 9.17) is 32.5 Å². The van der Waals surface area contributed by atoms with E-state index in [0.29, 0.717) is 6.61 Å². The van der Waals surface area contributed by atoms with E-state index in [0.717, 1.165) is 13.3 Å². The molecule has 0 atom stereocenters. The van der Waals surface area contributed by atoms with Gasteiger partial charge in [-0.2, -0.15) is 8.42 Å². The summed E-state index contributed by atoms with van der Waals surface area (Å²) < 4.78 is 31.6. The minimum atomic E-state index is -4.67. The van der Waals surface area contributed by atoms with Crippen molar-refractivity contribution in [3.63, 3.8) is 0 Å². The van der Waals surface area contributed by atoms with Crippen molar-refractivity contribution >= 4 is 16.4 Å². The summed E-state index contributed by atoms with van der Waals surface area (Å²) in [5, 5.41) is 17.5. The second-order valence-corrected chi connectivity index (χ2v) is 7.50. The molecule has 0 saturated carbocycles. The van der Waals surface area contributed by atoms with Gasteiger partial charge in [-0.05, 0) is 39.0 Å². The fourth-order valence-electron chi connectivity index (χ4n) is 2.36. The zero-order valence-electron chi connectivity index (χ0n) is 18.6. The molecule has 0 aliphatic rings. The largest absolute Gasteiger partial charge is 1.00 e. The van der Waals surface area contributed by atoms with Crippen molar-refractivity contribution in [2.45, 2.75) is 104 Å². The van der Waals surface area contributed by atoms with Crippen LogP contribution in [0.15, 0.2) is 12.2 Å². The average Bonchev–Trinajstić information content (AvgIpc) is 2.56. The molecule has 0 fully saturated rings. The Morgan fingerprint density at radius 2 is 1.07 bits per heavy atom. The fourth-order valence-corrected chi connectivity index (χ4v) is 2.36. The van der Waals surface area contributed by atoms with Crippen LogP contribution in [0.3, 0.4) is 0 Å². The number of hydrogen-bond donors (Lipinski definition) is 3. The second kappa shape index (κ2) is 30.2. The maximum absolute atomic E-state index is 8.89. The first-order chi connectivity index (χ1) is 13.1. The Hall–Kier alpha value is 0.0400. The molecule has 0 bridgehead atoms. The first kappa shape index (κ1) is 36.4. The van der Waals surface area contributed by atoms with Crippen molar-refractivity contribution in [1.82, 2.24) is 0 Å². The summed E-state index contributed by atoms with van der Waals surface area (Å²) in [6.45, 7) is 3.61. The summed E-state index contributed by atoms with van der Waals surface area (Å²) in [6.07, 6.45) is 23.2. The normalized spacial score (nSPS) is 10.4. The van der Waals surface area contributed by atoms with E-state index in [1.807, 2.05) is 0 Å². The van der Waals surface area contributed by atoms with E-state index < -0.39 is 16.4 Å². The minimum Gasteiger partial charge on any atom is -0.550 e. The van der Waals surface area contributed by atoms with Crippen molar-refractivity contribution in [2.75, 3.05) is 6.61 Å². The Morgan fingerprint density at radius 3 is 1.38 bits per heavy atom. The van der Waals surface area contributed by atoms with Gasteiger partial charge >= 0.3 is 40.0 Å². The molecule has 0 rings (SSSR count). The van der Waals surface area contributed by atoms with Gasteiger partial charge in [0, 0.05) is 12.6 Å². The molecule has 170 valence electrons. The third-order valence-corrected chi connectivity index (χ3v) is 3.67. The Morgan fingerprint density at radius 1 is 0.793 bits per heavy atom. The van der Waals surface area contributed by atoms with Crippen LogP contribution in [0.5, 0.6) is 0 Å². The molecular formula is C20H41NaO7S. The van der Waals surface area contributed by atoms with Gasteiger partial charge in [0.05, 0.1) is 0 Å². The van der Waals surface area contributed by atoms with Crippen LogP contribution >= 0.6 is 0 Å². The molecule has 9 heteroatoms. The molecule has 0 saturated heterocycles. The van der Waals surface area contributed by atoms with Crippen molar-refractivity contribution in [3.8, 4) is 0 Å². The quantitative estimate of drug-likeness (QED) is 0.148. The number of aliphatic carboxylic acids is 1. The molecule has 0 radical (unpaired) electrons. The first-order valence-corrected chi connectivity index (χ1v) is 11.7. The van der Waals surface area contributed by atoms with Gasteiger partial charge in [0.25, 0.3) is 0 Å². The van der Waals surface area contributed by atoms with Crippen LogP contribution in [0, 0.1) is 0 Å². The summed E-state index contributed by atoms with van der Waals surface area (Å²) in [7, 11) is -4.67. The average molecular weight is 449 g/mol. The number of rotatable bonds is 15. The zero-order valence-corrected chi connectivity index (χ0v) is 21.5. The summed E-state index contributed by atoms with van der Waals surface area (Å²) in [5.41, 5.74) is 0. The van der Waals surface area contributed by atoms with Gasteiger partial charge in [-0.25, -0.2) is 0 Å². The molecule has 0 unspecified atom stereocenters. The van der Waals surface area contributed by atoms with Crippen LogP contribution in [0.2, 0.25) is 0 Å². The molecule has 0 aromatic carbocycles. The second-order valence-electron chi connectivity index (χ2n) is 6.60. The Bertz CT molecular complexity index is 428. The topological polar surface area (TPSA) is 135 Å². The Kier molecular flexibility index (Phi) is 38.0. The third kappa shape index (κ3) is 73.9. The van der Waals surface area contributed by atoms with Crippen LogP contribution in [0.4, 0.5) is 0 Å². The number of aliphatic hydroxyl groups is 1. The SMILES string of the molecule is CC(=O)[O-].CCCCCCCC/C=C\CCCCCCCCO.O=S(=O)(O)O.[Na+]. The predicted octanol–water partition coefficient (Wildman–Crippen LogP) is 1.12. The molecule has 0 aliphatic heterocycles. The molecule has 7 nitrogen and oxygen atoms in total. The first-order valence-electron chi connectivity index (χ1n) is 10.3. The van der Waals surface area contributed by atoms with Gasteiger partial charge in [0.15, 0.2) is 0 Å². The minimum absolute atomic E-state index is 0. The van der Waals surface area contributed by atoms with Gasteiger partial charge in [-0.3, -0.25) is 9.11 Å². The van der Waals surface area contributed by atoms with E-state index in [1.54, 1.807) is 0 Å². The number of carbonyl (C=O) groups is 1. The van der Waals surface area contributed by atoms with E-state index in [-0.39, 0.29) is 29.6 Å². The van der Waals surface area contributed by atoms with Crippen molar-refractivity contribution < 1.29 is 62.1 Å². The maximum atomic E-state index is 8.89. The predicted molar refractivity (Wildman–Crippen MR) is 111 cm³/mol. The zero-order chi connectivity index (χ0) is 22.1. The number of allylic oxidation sites excluding steroid dienone is 2. The van der Waals surface area contributed by atoms with Gasteiger partial charge in [0.1, 0.15) is 0 Å². The number of carboxylic acid groups (broad SMARTS) is 1. The molecule has 3 N–H and O–H groups in total. The molecule has 0 aliphatic carbocycles. The van der Waals surface area contributed by atoms with Gasteiger partial charge < -0.3 is 15.0 Å². The number of carbonyl (C=O) groups excluding carboxylic acids is 1. The Balaban J connectivity index is -0.000000261. The smallest absolute Gasteiger partial charge is 0.550 e. The van der Waals surface area contributed by atoms with E-state index >= 15 is 0 Å². The third-order valence-electron chi connectivity index (χ3n) is 3.67. The molecule has 0 heterocycles. The van der Waals surface area contributed by atoms with E-state index in [9.17, 15) is 0 Å². The molecule has 0 amide bonds. The number of aliphatic hydroxyl groups excluding tert-OH is 1. The maximum Gasteiger partial charge on any atom is 1.00 e. The van der Waals surface area contributed by atoms with E-state index in [2.05, 4.69) is 19.1 Å². The van der Waals surface area contributed by atoms with E-state index in [1.165, 1.54) is 83.5 Å². The number of unbranched alkanes of at least 4 members (excludes halogenated alkanes) is 12. The van der Waals surface area contributed by atoms with Crippen LogP contribution in [-0.2, 0) is 15.2 Å². The van der Waals surface area contributed by atoms with Crippen LogP contribution in [-0.4, -0.2) is 35.2 Å². The van der Waals surface area contributed by atoms with Crippen molar-refractivity contribution in [2.24, 2.45) is 0 Å². The summed E-state index contributed by atoms with van der Waals surface area (Å²) in [5.74, 6) is -1.08. The standard InChI is InChI=1S/C18H36O.C2H4O2.Na.H2O4S/c1-2-3-4-5-6-7-8-9-10-11-12-13-14-15-16-17-18-19;1-2(3)4;;1-5(2,3)4/h9-10,19H,2-8,11-18H2,1H3;1H3,(H,3,4);;(H2,1,2,3,4)/q;;+1;/p-1/b10-9-;;;. The van der Waals surface area contributed by atoms with Gasteiger partial charge in [0.2, 0.25) is 0 Å². The molecule has 29 heavy (non-hydrogen) atoms. The molecule has 0 aromatic heterocycles. The fraction of sp³-hybridized carbons (Fsp3) is 0.850. The Labute approximate surface area is 200 Å². The van der Waals surface area contributed by atoms with Crippen LogP contribution in [0.1, 0.15) is 104 Å². The molecule has 0 aromatic rings. The van der Waals surface area contributed by atoms with Crippen LogP contribution in [0.25, 0.3) is 0 Å². The summed E-state index contributed by atoms with van der Waals surface area (Å²) >= 11 is 0. The summed E-state index contributed by atoms with van der Waals surface area (Å²) in [4.78, 5) is 8.89. The number of carboxylic acids is 1. The van der Waals surface area contributed by atoms with Crippen molar-refractivity contribution in [1.29, 1.82) is 0 Å². The van der Waals surface area contributed by atoms with Crippen LogP contribution < -0.4 is 34.7 Å². The number of hydrogen-bond acceptors (Lipinski definition) is 5. The molecule has 0 spiro atoms. The summed E-state index contributed by atoms with van der Waals surface area (Å²) in [6, 6.07) is 0. The van der Waals surface area contributed by atoms with Crippen molar-refractivity contribution in [3.05, 3.63) is 12.2 Å². The van der Waals surface area contributed by atoms with Gasteiger partial charge in [-0.1, -0.05) is 76.9 Å². The van der Waals surface area contributed by atoms with Gasteiger partial charge in [-0.15, -0.1) is 0 Å². The monoisotopic (exact) mass is 448 g/mol.